The number of benzene rings is 1. The van der Waals surface area contributed by atoms with E-state index in [1.807, 2.05) is 6.07 Å². The summed E-state index contributed by atoms with van der Waals surface area (Å²) in [5.41, 5.74) is 6.02. The fourth-order valence-corrected chi connectivity index (χ4v) is 1.86. The number of ether oxygens (including phenoxy) is 2. The average Bonchev–Trinajstić information content (AvgIpc) is 2.37. The van der Waals surface area contributed by atoms with E-state index in [0.717, 1.165) is 18.5 Å². The number of nitrogens with one attached hydrogen (secondary N) is 1. The molecule has 0 radical (unpaired) electrons. The Morgan fingerprint density at radius 3 is 2.70 bits per heavy atom. The van der Waals surface area contributed by atoms with Crippen molar-refractivity contribution in [1.29, 1.82) is 0 Å². The van der Waals surface area contributed by atoms with Gasteiger partial charge < -0.3 is 20.5 Å². The number of methoxy groups -OCH3 is 1. The maximum atomic E-state index is 10.7. The van der Waals surface area contributed by atoms with Gasteiger partial charge in [0.15, 0.2) is 18.1 Å². The van der Waals surface area contributed by atoms with Gasteiger partial charge in [-0.2, -0.15) is 0 Å². The van der Waals surface area contributed by atoms with Gasteiger partial charge in [0.2, 0.25) is 0 Å². The molecule has 7 heteroatoms. The smallest absolute Gasteiger partial charge is 0.255 e. The summed E-state index contributed by atoms with van der Waals surface area (Å²) in [5.74, 6) is 0.260. The van der Waals surface area contributed by atoms with Gasteiger partial charge in [-0.3, -0.25) is 4.79 Å². The quantitative estimate of drug-likeness (QED) is 0.719. The van der Waals surface area contributed by atoms with Crippen LogP contribution in [0.2, 0.25) is 5.02 Å². The van der Waals surface area contributed by atoms with Crippen LogP contribution in [0.5, 0.6) is 11.5 Å². The van der Waals surface area contributed by atoms with Crippen molar-refractivity contribution in [3.63, 3.8) is 0 Å². The van der Waals surface area contributed by atoms with Crippen molar-refractivity contribution in [3.8, 4) is 11.5 Å². The topological polar surface area (TPSA) is 73.6 Å². The van der Waals surface area contributed by atoms with Crippen LogP contribution in [-0.2, 0) is 11.3 Å². The largest absolute Gasteiger partial charge is 0.493 e. The predicted molar refractivity (Wildman–Crippen MR) is 81.9 cm³/mol. The van der Waals surface area contributed by atoms with E-state index < -0.39 is 5.91 Å². The molecule has 0 fully saturated rings. The maximum Gasteiger partial charge on any atom is 0.255 e. The summed E-state index contributed by atoms with van der Waals surface area (Å²) in [6, 6.07) is 3.61. The third-order valence-electron chi connectivity index (χ3n) is 2.40. The second-order valence-electron chi connectivity index (χ2n) is 4.04. The molecule has 1 rings (SSSR count). The first-order valence-corrected chi connectivity index (χ1v) is 6.44. The highest BCUT2D eigenvalue weighted by Crippen LogP contribution is 2.36. The van der Waals surface area contributed by atoms with E-state index in [1.54, 1.807) is 6.07 Å². The molecule has 0 saturated carbocycles. The van der Waals surface area contributed by atoms with E-state index in [2.05, 4.69) is 12.2 Å². The summed E-state index contributed by atoms with van der Waals surface area (Å²) < 4.78 is 10.5. The van der Waals surface area contributed by atoms with Crippen LogP contribution in [0.1, 0.15) is 18.9 Å². The Morgan fingerprint density at radius 1 is 1.45 bits per heavy atom. The van der Waals surface area contributed by atoms with Gasteiger partial charge in [-0.05, 0) is 30.7 Å². The molecule has 0 atom stereocenters. The molecule has 0 bridgehead atoms. The molecule has 114 valence electrons. The van der Waals surface area contributed by atoms with Crippen LogP contribution in [0.3, 0.4) is 0 Å². The Labute approximate surface area is 130 Å². The van der Waals surface area contributed by atoms with Gasteiger partial charge in [0.1, 0.15) is 0 Å². The van der Waals surface area contributed by atoms with Gasteiger partial charge in [0.05, 0.1) is 12.1 Å². The number of nitrogens with two attached hydrogens (primary N) is 1. The lowest BCUT2D eigenvalue weighted by molar-refractivity contribution is -0.119. The van der Waals surface area contributed by atoms with E-state index in [1.165, 1.54) is 7.11 Å². The summed E-state index contributed by atoms with van der Waals surface area (Å²) in [4.78, 5) is 10.7. The number of amides is 1. The zero-order valence-corrected chi connectivity index (χ0v) is 13.1. The first kappa shape index (κ1) is 18.8. The molecule has 0 heterocycles. The van der Waals surface area contributed by atoms with Crippen LogP contribution < -0.4 is 20.5 Å². The van der Waals surface area contributed by atoms with E-state index in [-0.39, 0.29) is 19.0 Å². The van der Waals surface area contributed by atoms with Crippen LogP contribution in [0.15, 0.2) is 12.1 Å². The van der Waals surface area contributed by atoms with Gasteiger partial charge in [-0.1, -0.05) is 18.5 Å². The van der Waals surface area contributed by atoms with Crippen molar-refractivity contribution in [1.82, 2.24) is 5.32 Å². The molecule has 20 heavy (non-hydrogen) atoms. The highest BCUT2D eigenvalue weighted by Gasteiger charge is 2.12. The van der Waals surface area contributed by atoms with Crippen LogP contribution in [0.4, 0.5) is 0 Å². The third kappa shape index (κ3) is 5.86. The van der Waals surface area contributed by atoms with Crippen molar-refractivity contribution in [2.75, 3.05) is 20.3 Å². The number of hydrogen-bond acceptors (Lipinski definition) is 4. The molecule has 0 aromatic heterocycles. The molecule has 0 spiro atoms. The Bertz CT molecular complexity index is 442. The first-order chi connectivity index (χ1) is 9.08. The minimum Gasteiger partial charge on any atom is -0.493 e. The van der Waals surface area contributed by atoms with E-state index in [9.17, 15) is 4.79 Å². The molecular weight excluding hydrogens is 303 g/mol. The summed E-state index contributed by atoms with van der Waals surface area (Å²) in [6.07, 6.45) is 1.06. The van der Waals surface area contributed by atoms with Crippen LogP contribution >= 0.6 is 24.0 Å². The number of halogens is 2. The lowest BCUT2D eigenvalue weighted by atomic mass is 10.2. The SMILES string of the molecule is CCCNCc1cc(Cl)c(OCC(N)=O)c(OC)c1.Cl. The van der Waals surface area contributed by atoms with E-state index in [4.69, 9.17) is 26.8 Å². The number of primary amides is 1. The molecule has 0 saturated heterocycles. The number of rotatable bonds is 8. The third-order valence-corrected chi connectivity index (χ3v) is 2.68. The van der Waals surface area contributed by atoms with Gasteiger partial charge in [0.25, 0.3) is 5.91 Å². The van der Waals surface area contributed by atoms with Crippen molar-refractivity contribution in [3.05, 3.63) is 22.7 Å². The molecule has 5 nitrogen and oxygen atoms in total. The van der Waals surface area contributed by atoms with Crippen LogP contribution in [0.25, 0.3) is 0 Å². The monoisotopic (exact) mass is 322 g/mol. The van der Waals surface area contributed by atoms with E-state index in [0.29, 0.717) is 23.1 Å². The molecule has 1 aromatic rings. The van der Waals surface area contributed by atoms with Crippen molar-refractivity contribution >= 4 is 29.9 Å². The normalized spacial score (nSPS) is 9.75. The molecule has 0 aliphatic carbocycles. The van der Waals surface area contributed by atoms with Gasteiger partial charge in [-0.15, -0.1) is 12.4 Å². The number of hydrogen-bond donors (Lipinski definition) is 2. The number of carbonyl (C=O) groups excluding carboxylic acids is 1. The van der Waals surface area contributed by atoms with Crippen LogP contribution in [0, 0.1) is 0 Å². The van der Waals surface area contributed by atoms with Crippen molar-refractivity contribution in [2.45, 2.75) is 19.9 Å². The standard InChI is InChI=1S/C13H19ClN2O3.ClH/c1-3-4-16-7-9-5-10(14)13(11(6-9)18-2)19-8-12(15)17;/h5-6,16H,3-4,7-8H2,1-2H3,(H2,15,17);1H. The molecule has 1 aromatic carbocycles. The van der Waals surface area contributed by atoms with Crippen molar-refractivity contribution in [2.24, 2.45) is 5.73 Å². The van der Waals surface area contributed by atoms with Gasteiger partial charge in [-0.25, -0.2) is 0 Å². The Kier molecular flexibility index (Phi) is 9.12. The van der Waals surface area contributed by atoms with Gasteiger partial charge >= 0.3 is 0 Å². The fourth-order valence-electron chi connectivity index (χ4n) is 1.57. The molecule has 1 amide bonds. The van der Waals surface area contributed by atoms with Gasteiger partial charge in [0, 0.05) is 6.54 Å². The highest BCUT2D eigenvalue weighted by atomic mass is 35.5. The summed E-state index contributed by atoms with van der Waals surface area (Å²) >= 11 is 6.12. The number of carbonyl (C=O) groups is 1. The fraction of sp³-hybridized carbons (Fsp3) is 0.462. The van der Waals surface area contributed by atoms with Crippen LogP contribution in [-0.4, -0.2) is 26.2 Å². The Balaban J connectivity index is 0.00000361. The summed E-state index contributed by atoms with van der Waals surface area (Å²) in [6.45, 7) is 3.49. The predicted octanol–water partition coefficient (Wildman–Crippen LogP) is 2.13. The zero-order chi connectivity index (χ0) is 14.3. The Hall–Kier alpha value is -1.17. The first-order valence-electron chi connectivity index (χ1n) is 6.06. The molecule has 0 aliphatic heterocycles. The van der Waals surface area contributed by atoms with E-state index >= 15 is 0 Å². The highest BCUT2D eigenvalue weighted by molar-refractivity contribution is 6.32. The minimum absolute atomic E-state index is 0. The molecule has 0 aliphatic rings. The lowest BCUT2D eigenvalue weighted by Gasteiger charge is -2.13. The Morgan fingerprint density at radius 2 is 2.15 bits per heavy atom. The van der Waals surface area contributed by atoms with Crippen molar-refractivity contribution < 1.29 is 14.3 Å². The zero-order valence-electron chi connectivity index (χ0n) is 11.6. The molecular formula is C13H20Cl2N2O3. The molecule has 0 unspecified atom stereocenters. The lowest BCUT2D eigenvalue weighted by Crippen LogP contribution is -2.20. The summed E-state index contributed by atoms with van der Waals surface area (Å²) in [5, 5.41) is 3.67. The molecule has 3 N–H and O–H groups in total. The average molecular weight is 323 g/mol. The minimum atomic E-state index is -0.563. The maximum absolute atomic E-state index is 10.7. The second kappa shape index (κ2) is 9.69. The summed E-state index contributed by atoms with van der Waals surface area (Å²) in [7, 11) is 1.52. The second-order valence-corrected chi connectivity index (χ2v) is 4.45.